The normalized spacial score (nSPS) is 22.2. The van der Waals surface area contributed by atoms with Crippen LogP contribution in [0.1, 0.15) is 41.0 Å². The monoisotopic (exact) mass is 459 g/mol. The fourth-order valence-electron chi connectivity index (χ4n) is 5.05. The molecule has 1 aliphatic heterocycles. The first-order valence-electron chi connectivity index (χ1n) is 10.9. The van der Waals surface area contributed by atoms with Gasteiger partial charge in [0, 0.05) is 32.0 Å². The molecule has 2 aliphatic carbocycles. The number of aryl methyl sites for hydroxylation is 2. The molecule has 0 radical (unpaired) electrons. The molecule has 2 aromatic rings. The number of ether oxygens (including phenoxy) is 3. The second-order valence-electron chi connectivity index (χ2n) is 8.44. The summed E-state index contributed by atoms with van der Waals surface area (Å²) in [6.45, 7) is 1.44. The smallest absolute Gasteiger partial charge is 0.322 e. The number of aromatic nitrogens is 2. The van der Waals surface area contributed by atoms with Crippen LogP contribution in [0, 0.1) is 0 Å². The maximum Gasteiger partial charge on any atom is 0.322 e. The van der Waals surface area contributed by atoms with Gasteiger partial charge in [0.15, 0.2) is 5.88 Å². The maximum absolute atomic E-state index is 12.9. The number of benzene rings is 1. The van der Waals surface area contributed by atoms with Crippen LogP contribution in [0.4, 0.5) is 10.5 Å². The van der Waals surface area contributed by atoms with Crippen LogP contribution in [0.15, 0.2) is 21.5 Å². The van der Waals surface area contributed by atoms with Crippen molar-refractivity contribution in [3.8, 4) is 5.88 Å². The number of hydrogen-bond donors (Lipinski definition) is 1. The maximum atomic E-state index is 12.9. The van der Waals surface area contributed by atoms with Crippen molar-refractivity contribution >= 4 is 22.3 Å². The van der Waals surface area contributed by atoms with Crippen molar-refractivity contribution in [2.45, 2.75) is 55.6 Å². The number of carbonyl (C=O) groups is 1. The number of urea groups is 1. The summed E-state index contributed by atoms with van der Waals surface area (Å²) in [5, 5.41) is 7.18. The molecule has 0 saturated carbocycles. The average Bonchev–Trinajstić information content (AvgIpc) is 3.51. The zero-order chi connectivity index (χ0) is 22.2. The number of rotatable bonds is 5. The van der Waals surface area contributed by atoms with Crippen molar-refractivity contribution in [2.24, 2.45) is 4.36 Å². The lowest BCUT2D eigenvalue weighted by Gasteiger charge is -2.24. The molecular formula is C22H27N4O5S-. The van der Waals surface area contributed by atoms with E-state index in [0.717, 1.165) is 43.4 Å². The van der Waals surface area contributed by atoms with E-state index in [9.17, 15) is 9.00 Å². The van der Waals surface area contributed by atoms with Crippen LogP contribution >= 0.6 is 0 Å². The topological polar surface area (TPSA) is 104 Å². The lowest BCUT2D eigenvalue weighted by molar-refractivity contribution is 0.0165. The van der Waals surface area contributed by atoms with E-state index in [0.29, 0.717) is 25.6 Å². The van der Waals surface area contributed by atoms with E-state index in [4.69, 9.17) is 14.2 Å². The minimum absolute atomic E-state index is 0.119. The molecule has 10 heteroatoms. The molecule has 2 amide bonds. The van der Waals surface area contributed by atoms with Crippen molar-refractivity contribution < 1.29 is 23.2 Å². The summed E-state index contributed by atoms with van der Waals surface area (Å²) < 4.78 is 34.7. The number of nitrogens with zero attached hydrogens (tertiary/aromatic N) is 3. The number of amides is 2. The van der Waals surface area contributed by atoms with Crippen LogP contribution in [-0.4, -0.2) is 49.3 Å². The average molecular weight is 460 g/mol. The first-order chi connectivity index (χ1) is 15.6. The quantitative estimate of drug-likeness (QED) is 0.689. The summed E-state index contributed by atoms with van der Waals surface area (Å²) in [6, 6.07) is 1.67. The van der Waals surface area contributed by atoms with Crippen LogP contribution in [0.3, 0.4) is 0 Å². The molecule has 9 nitrogen and oxygen atoms in total. The molecule has 2 atom stereocenters. The van der Waals surface area contributed by atoms with Crippen molar-refractivity contribution in [1.82, 2.24) is 9.78 Å². The fourth-order valence-corrected chi connectivity index (χ4v) is 5.79. The number of methoxy groups -OCH3 is 2. The lowest BCUT2D eigenvalue weighted by Crippen LogP contribution is -2.32. The zero-order valence-electron chi connectivity index (χ0n) is 18.3. The Kier molecular flexibility index (Phi) is 5.92. The van der Waals surface area contributed by atoms with Gasteiger partial charge in [0.1, 0.15) is 12.7 Å². The molecule has 32 heavy (non-hydrogen) atoms. The van der Waals surface area contributed by atoms with Crippen LogP contribution in [0.2, 0.25) is 0 Å². The van der Waals surface area contributed by atoms with Crippen LogP contribution in [-0.2, 0) is 50.1 Å². The molecule has 1 aromatic carbocycles. The minimum Gasteiger partial charge on any atom is -0.476 e. The standard InChI is InChI=1S/C22H27N4O5S/c1-29-11-15-7-6-14-8-13-4-3-5-17(13)20(19(14)15)24-22(27)25-32(28)18-9-23-26-10-16(30-2)12-31-21(18)26/h8-9,15-16H,3-7,10-12H2,1-2H3,(H,24,27)/q-1/t15-,16+/m1/s1. The lowest BCUT2D eigenvalue weighted by atomic mass is 9.94. The van der Waals surface area contributed by atoms with Gasteiger partial charge in [-0.1, -0.05) is 6.07 Å². The summed E-state index contributed by atoms with van der Waals surface area (Å²) in [7, 11) is 1.38. The fraction of sp³-hybridized carbons (Fsp3) is 0.545. The summed E-state index contributed by atoms with van der Waals surface area (Å²) in [6.07, 6.45) is 6.31. The summed E-state index contributed by atoms with van der Waals surface area (Å²) in [5.41, 5.74) is 5.74. The SMILES string of the molecule is COC[C@H]1CCc2cc3c(c(NC(=O)N=[S-](=O)c4cnn5c4OC[C@@H](OC)C5)c21)CCC3. The molecule has 0 saturated heterocycles. The zero-order valence-corrected chi connectivity index (χ0v) is 19.1. The van der Waals surface area contributed by atoms with Gasteiger partial charge in [0.25, 0.3) is 0 Å². The summed E-state index contributed by atoms with van der Waals surface area (Å²) >= 11 is 0. The highest BCUT2D eigenvalue weighted by atomic mass is 32.2. The second kappa shape index (κ2) is 8.84. The van der Waals surface area contributed by atoms with Gasteiger partial charge in [-0.2, -0.15) is 5.10 Å². The summed E-state index contributed by atoms with van der Waals surface area (Å²) in [5.74, 6) is 0.612. The van der Waals surface area contributed by atoms with Crippen molar-refractivity contribution in [1.29, 1.82) is 0 Å². The van der Waals surface area contributed by atoms with Crippen molar-refractivity contribution in [3.63, 3.8) is 0 Å². The van der Waals surface area contributed by atoms with Gasteiger partial charge in [0.05, 0.1) is 13.2 Å². The van der Waals surface area contributed by atoms with Gasteiger partial charge in [-0.3, -0.25) is 0 Å². The highest BCUT2D eigenvalue weighted by Crippen LogP contribution is 2.44. The first-order valence-corrected chi connectivity index (χ1v) is 12.0. The Morgan fingerprint density at radius 3 is 3.03 bits per heavy atom. The van der Waals surface area contributed by atoms with Gasteiger partial charge in [0.2, 0.25) is 0 Å². The highest BCUT2D eigenvalue weighted by molar-refractivity contribution is 7.75. The molecule has 3 aliphatic rings. The molecule has 0 unspecified atom stereocenters. The van der Waals surface area contributed by atoms with Crippen LogP contribution in [0.25, 0.3) is 0 Å². The minimum atomic E-state index is -1.93. The predicted octanol–water partition coefficient (Wildman–Crippen LogP) is 3.19. The molecule has 5 rings (SSSR count). The number of hydrogen-bond acceptors (Lipinski definition) is 7. The Bertz CT molecular complexity index is 1140. The molecule has 0 fully saturated rings. The predicted molar refractivity (Wildman–Crippen MR) is 118 cm³/mol. The molecular weight excluding hydrogens is 432 g/mol. The Morgan fingerprint density at radius 2 is 2.22 bits per heavy atom. The van der Waals surface area contributed by atoms with E-state index >= 15 is 0 Å². The van der Waals surface area contributed by atoms with Gasteiger partial charge in [-0.05, 0) is 59.3 Å². The number of anilines is 1. The van der Waals surface area contributed by atoms with Crippen molar-refractivity contribution in [3.05, 3.63) is 34.5 Å². The molecule has 1 aromatic heterocycles. The van der Waals surface area contributed by atoms with E-state index in [1.807, 2.05) is 0 Å². The molecule has 1 N–H and O–H groups in total. The highest BCUT2D eigenvalue weighted by Gasteiger charge is 2.31. The van der Waals surface area contributed by atoms with Crippen LogP contribution in [0.5, 0.6) is 5.88 Å². The third-order valence-corrected chi connectivity index (χ3v) is 7.51. The Morgan fingerprint density at radius 1 is 1.34 bits per heavy atom. The Balaban J connectivity index is 1.43. The van der Waals surface area contributed by atoms with E-state index in [1.54, 1.807) is 18.9 Å². The van der Waals surface area contributed by atoms with Gasteiger partial charge < -0.3 is 28.1 Å². The van der Waals surface area contributed by atoms with E-state index in [-0.39, 0.29) is 16.9 Å². The number of fused-ring (bicyclic) bond motifs is 3. The molecule has 0 spiro atoms. The Labute approximate surface area is 188 Å². The Hall–Kier alpha value is -2.43. The second-order valence-corrected chi connectivity index (χ2v) is 9.56. The van der Waals surface area contributed by atoms with Crippen LogP contribution < -0.4 is 10.1 Å². The van der Waals surface area contributed by atoms with Crippen molar-refractivity contribution in [2.75, 3.05) is 32.8 Å². The third kappa shape index (κ3) is 3.80. The molecule has 2 heterocycles. The molecule has 0 bridgehead atoms. The van der Waals surface area contributed by atoms with E-state index in [2.05, 4.69) is 20.8 Å². The van der Waals surface area contributed by atoms with Gasteiger partial charge in [-0.15, -0.1) is 10.6 Å². The van der Waals surface area contributed by atoms with Gasteiger partial charge in [-0.25, -0.2) is 9.48 Å². The first kappa shape index (κ1) is 21.4. The van der Waals surface area contributed by atoms with E-state index in [1.165, 1.54) is 22.9 Å². The summed E-state index contributed by atoms with van der Waals surface area (Å²) in [4.78, 5) is 13.1. The van der Waals surface area contributed by atoms with E-state index < -0.39 is 16.6 Å². The third-order valence-electron chi connectivity index (χ3n) is 6.53. The number of nitrogens with one attached hydrogen (secondary N) is 1. The molecule has 172 valence electrons. The number of carbonyl (C=O) groups excluding carboxylic acids is 1. The largest absolute Gasteiger partial charge is 0.476 e. The van der Waals surface area contributed by atoms with Gasteiger partial charge >= 0.3 is 6.03 Å².